The van der Waals surface area contributed by atoms with Crippen LogP contribution >= 0.6 is 23.2 Å². The van der Waals surface area contributed by atoms with Crippen LogP contribution in [0.1, 0.15) is 11.1 Å². The minimum Gasteiger partial charge on any atom is -0.495 e. The number of fused-ring (bicyclic) bond motifs is 1. The van der Waals surface area contributed by atoms with E-state index in [1.807, 2.05) is 67.5 Å². The van der Waals surface area contributed by atoms with Crippen molar-refractivity contribution >= 4 is 51.5 Å². The van der Waals surface area contributed by atoms with E-state index in [9.17, 15) is 9.59 Å². The van der Waals surface area contributed by atoms with E-state index < -0.39 is 0 Å². The zero-order valence-electron chi connectivity index (χ0n) is 25.9. The maximum atomic E-state index is 14.4. The maximum absolute atomic E-state index is 14.4. The van der Waals surface area contributed by atoms with Crippen LogP contribution in [0, 0.1) is 0 Å². The Kier molecular flexibility index (Phi) is 10.4. The SMILES string of the molecule is COc1cc(OC)c(Cl)c(-c2cc3cnc(Nc4ccccn4)cc3n(Cc3cccc(CC(=O)/C=C/CN(C)C)c3)c2=O)c1Cl. The second-order valence-corrected chi connectivity index (χ2v) is 11.6. The van der Waals surface area contributed by atoms with Crippen LogP contribution in [0.4, 0.5) is 11.6 Å². The number of allylic oxidation sites excluding steroid dienone is 1. The number of carbonyl (C=O) groups excluding carboxylic acids is 1. The van der Waals surface area contributed by atoms with Crippen molar-refractivity contribution in [2.75, 3.05) is 40.2 Å². The monoisotopic (exact) mass is 657 g/mol. The molecular weight excluding hydrogens is 625 g/mol. The number of aromatic nitrogens is 3. The van der Waals surface area contributed by atoms with E-state index in [2.05, 4.69) is 15.3 Å². The van der Waals surface area contributed by atoms with Crippen molar-refractivity contribution in [3.63, 3.8) is 0 Å². The normalized spacial score (nSPS) is 11.4. The van der Waals surface area contributed by atoms with Crippen LogP contribution in [-0.4, -0.2) is 60.1 Å². The zero-order chi connectivity index (χ0) is 32.8. The molecule has 0 aliphatic heterocycles. The minimum atomic E-state index is -0.338. The van der Waals surface area contributed by atoms with Crippen molar-refractivity contribution in [2.45, 2.75) is 13.0 Å². The summed E-state index contributed by atoms with van der Waals surface area (Å²) >= 11 is 13.5. The zero-order valence-corrected chi connectivity index (χ0v) is 27.4. The molecule has 236 valence electrons. The average Bonchev–Trinajstić information content (AvgIpc) is 3.04. The van der Waals surface area contributed by atoms with Crippen molar-refractivity contribution in [1.82, 2.24) is 19.4 Å². The number of ketones is 1. The van der Waals surface area contributed by atoms with Gasteiger partial charge in [-0.05, 0) is 49.5 Å². The van der Waals surface area contributed by atoms with Gasteiger partial charge in [0.1, 0.15) is 23.1 Å². The quantitative estimate of drug-likeness (QED) is 0.146. The summed E-state index contributed by atoms with van der Waals surface area (Å²) in [6.45, 7) is 0.877. The molecule has 2 aromatic carbocycles. The second kappa shape index (κ2) is 14.6. The van der Waals surface area contributed by atoms with Gasteiger partial charge in [-0.3, -0.25) is 9.59 Å². The van der Waals surface area contributed by atoms with Crippen LogP contribution < -0.4 is 20.3 Å². The van der Waals surface area contributed by atoms with Crippen molar-refractivity contribution in [3.8, 4) is 22.6 Å². The molecule has 9 nitrogen and oxygen atoms in total. The number of pyridine rings is 3. The van der Waals surface area contributed by atoms with E-state index in [0.29, 0.717) is 46.1 Å². The summed E-state index contributed by atoms with van der Waals surface area (Å²) in [5.41, 5.74) is 2.50. The van der Waals surface area contributed by atoms with Gasteiger partial charge in [-0.15, -0.1) is 0 Å². The number of hydrogen-bond acceptors (Lipinski definition) is 8. The third kappa shape index (κ3) is 7.39. The van der Waals surface area contributed by atoms with Gasteiger partial charge in [0.2, 0.25) is 0 Å². The number of benzene rings is 2. The van der Waals surface area contributed by atoms with Gasteiger partial charge in [0.15, 0.2) is 5.78 Å². The van der Waals surface area contributed by atoms with Gasteiger partial charge in [0.05, 0.1) is 41.9 Å². The summed E-state index contributed by atoms with van der Waals surface area (Å²) in [4.78, 5) is 37.9. The summed E-state index contributed by atoms with van der Waals surface area (Å²) in [5, 5.41) is 4.23. The fraction of sp³-hybridized carbons (Fsp3) is 0.200. The molecule has 0 fully saturated rings. The molecule has 5 rings (SSSR count). The van der Waals surface area contributed by atoms with Gasteiger partial charge in [0.25, 0.3) is 5.56 Å². The number of methoxy groups -OCH3 is 2. The molecule has 0 spiro atoms. The van der Waals surface area contributed by atoms with Crippen LogP contribution in [0.15, 0.2) is 90.0 Å². The number of nitrogens with one attached hydrogen (secondary N) is 1. The Morgan fingerprint density at radius 2 is 1.67 bits per heavy atom. The number of carbonyl (C=O) groups is 1. The Balaban J connectivity index is 1.63. The standard InChI is InChI=1S/C35H33Cl2N5O4/c1-41(2)14-8-11-25(43)16-22-9-7-10-23(15-22)21-42-27-18-31(40-30-12-5-6-13-38-30)39-20-24(27)17-26(35(42)44)32-33(36)28(45-3)19-29(46-4)34(32)37/h5-13,15,17-20H,14,16,21H2,1-4H3,(H,38,39,40)/b11-8+. The van der Waals surface area contributed by atoms with E-state index in [0.717, 1.165) is 11.1 Å². The third-order valence-electron chi connectivity index (χ3n) is 7.23. The van der Waals surface area contributed by atoms with Gasteiger partial charge in [-0.2, -0.15) is 0 Å². The van der Waals surface area contributed by atoms with Crippen molar-refractivity contribution in [3.05, 3.63) is 117 Å². The van der Waals surface area contributed by atoms with Gasteiger partial charge < -0.3 is 24.3 Å². The summed E-state index contributed by atoms with van der Waals surface area (Å²) in [7, 11) is 6.85. The summed E-state index contributed by atoms with van der Waals surface area (Å²) in [5.74, 6) is 1.74. The van der Waals surface area contributed by atoms with Crippen molar-refractivity contribution in [2.24, 2.45) is 0 Å². The summed E-state index contributed by atoms with van der Waals surface area (Å²) < 4.78 is 12.6. The first-order chi connectivity index (χ1) is 22.2. The number of halogens is 2. The fourth-order valence-corrected chi connectivity index (χ4v) is 5.75. The second-order valence-electron chi connectivity index (χ2n) is 10.8. The predicted octanol–water partition coefficient (Wildman–Crippen LogP) is 6.80. The third-order valence-corrected chi connectivity index (χ3v) is 7.98. The molecule has 3 heterocycles. The molecule has 0 atom stereocenters. The molecular formula is C35H33Cl2N5O4. The van der Waals surface area contributed by atoms with Gasteiger partial charge >= 0.3 is 0 Å². The Hall–Kier alpha value is -4.70. The molecule has 1 N–H and O–H groups in total. The molecule has 0 unspecified atom stereocenters. The first-order valence-corrected chi connectivity index (χ1v) is 15.2. The molecule has 46 heavy (non-hydrogen) atoms. The first-order valence-electron chi connectivity index (χ1n) is 14.4. The lowest BCUT2D eigenvalue weighted by Crippen LogP contribution is -2.23. The van der Waals surface area contributed by atoms with Gasteiger partial charge in [-0.1, -0.05) is 59.6 Å². The largest absolute Gasteiger partial charge is 0.495 e. The fourth-order valence-electron chi connectivity index (χ4n) is 5.04. The van der Waals surface area contributed by atoms with E-state index >= 15 is 0 Å². The molecule has 0 saturated carbocycles. The van der Waals surface area contributed by atoms with Gasteiger partial charge in [-0.25, -0.2) is 9.97 Å². The molecule has 0 radical (unpaired) electrons. The topological polar surface area (TPSA) is 98.6 Å². The lowest BCUT2D eigenvalue weighted by Gasteiger charge is -2.18. The van der Waals surface area contributed by atoms with Crippen LogP contribution in [0.3, 0.4) is 0 Å². The van der Waals surface area contributed by atoms with Gasteiger partial charge in [0, 0.05) is 48.4 Å². The maximum Gasteiger partial charge on any atom is 0.259 e. The summed E-state index contributed by atoms with van der Waals surface area (Å²) in [6.07, 6.45) is 7.04. The molecule has 0 aliphatic carbocycles. The van der Waals surface area contributed by atoms with Crippen LogP contribution in [0.5, 0.6) is 11.5 Å². The van der Waals surface area contributed by atoms with E-state index in [1.54, 1.807) is 41.2 Å². The highest BCUT2D eigenvalue weighted by molar-refractivity contribution is 6.41. The molecule has 5 aromatic rings. The Morgan fingerprint density at radius 1 is 0.935 bits per heavy atom. The van der Waals surface area contributed by atoms with Crippen molar-refractivity contribution in [1.29, 1.82) is 0 Å². The Morgan fingerprint density at radius 3 is 2.35 bits per heavy atom. The number of likely N-dealkylation sites (N-methyl/N-ethyl adjacent to an activating group) is 1. The van der Waals surface area contributed by atoms with Crippen molar-refractivity contribution < 1.29 is 14.3 Å². The van der Waals surface area contributed by atoms with Crippen LogP contribution in [-0.2, 0) is 17.8 Å². The number of anilines is 2. The predicted molar refractivity (Wildman–Crippen MR) is 184 cm³/mol. The van der Waals surface area contributed by atoms with E-state index in [4.69, 9.17) is 32.7 Å². The Bertz CT molecular complexity index is 1950. The number of rotatable bonds is 12. The van der Waals surface area contributed by atoms with Crippen LogP contribution in [0.25, 0.3) is 22.0 Å². The highest BCUT2D eigenvalue weighted by Gasteiger charge is 2.23. The highest BCUT2D eigenvalue weighted by Crippen LogP contribution is 2.45. The smallest absolute Gasteiger partial charge is 0.259 e. The number of nitrogens with zero attached hydrogens (tertiary/aromatic N) is 4. The lowest BCUT2D eigenvalue weighted by molar-refractivity contribution is -0.114. The molecule has 0 saturated heterocycles. The molecule has 0 aliphatic rings. The van der Waals surface area contributed by atoms with Crippen LogP contribution in [0.2, 0.25) is 10.0 Å². The summed E-state index contributed by atoms with van der Waals surface area (Å²) in [6, 6.07) is 18.2. The molecule has 0 amide bonds. The average molecular weight is 659 g/mol. The number of hydrogen-bond donors (Lipinski definition) is 1. The van der Waals surface area contributed by atoms with E-state index in [1.165, 1.54) is 14.2 Å². The molecule has 0 bridgehead atoms. The van der Waals surface area contributed by atoms with E-state index in [-0.39, 0.29) is 39.9 Å². The molecule has 3 aromatic heterocycles. The molecule has 11 heteroatoms. The lowest BCUT2D eigenvalue weighted by atomic mass is 10.0. The first kappa shape index (κ1) is 32.7. The highest BCUT2D eigenvalue weighted by atomic mass is 35.5. The Labute approximate surface area is 277 Å². The number of ether oxygens (including phenoxy) is 2. The minimum absolute atomic E-state index is 0.00354.